The molecule has 126 valence electrons. The number of esters is 1. The van der Waals surface area contributed by atoms with E-state index < -0.39 is 5.97 Å². The van der Waals surface area contributed by atoms with Crippen LogP contribution in [0.2, 0.25) is 0 Å². The average molecular weight is 316 g/mol. The van der Waals surface area contributed by atoms with Gasteiger partial charge in [0.05, 0.1) is 18.8 Å². The molecule has 23 heavy (non-hydrogen) atoms. The van der Waals surface area contributed by atoms with Gasteiger partial charge in [0.2, 0.25) is 0 Å². The van der Waals surface area contributed by atoms with Gasteiger partial charge in [0.15, 0.2) is 0 Å². The van der Waals surface area contributed by atoms with E-state index in [0.29, 0.717) is 5.57 Å². The van der Waals surface area contributed by atoms with E-state index in [4.69, 9.17) is 4.74 Å². The molecule has 1 N–H and O–H groups in total. The molecular weight excluding hydrogens is 288 g/mol. The van der Waals surface area contributed by atoms with E-state index in [-0.39, 0.29) is 11.5 Å². The molecule has 0 radical (unpaired) electrons. The maximum absolute atomic E-state index is 11.6. The van der Waals surface area contributed by atoms with E-state index >= 15 is 0 Å². The zero-order chi connectivity index (χ0) is 16.9. The Bertz CT molecular complexity index is 547. The number of methoxy groups -OCH3 is 1. The molecule has 0 heterocycles. The Kier molecular flexibility index (Phi) is 6.00. The predicted octanol–water partition coefficient (Wildman–Crippen LogP) is 4.24. The van der Waals surface area contributed by atoms with Gasteiger partial charge in [-0.2, -0.15) is 0 Å². The van der Waals surface area contributed by atoms with Crippen molar-refractivity contribution in [3.8, 4) is 0 Å². The SMILES string of the molecule is C=C(C(=O)OC)c1ccc(C2(CCCC)CCCCC2O)cc1. The molecule has 3 heteroatoms. The Morgan fingerprint density at radius 1 is 1.35 bits per heavy atom. The summed E-state index contributed by atoms with van der Waals surface area (Å²) in [5, 5.41) is 10.7. The number of carbonyl (C=O) groups is 1. The quantitative estimate of drug-likeness (QED) is 0.631. The molecule has 3 nitrogen and oxygen atoms in total. The number of unbranched alkanes of at least 4 members (excludes halogenated alkanes) is 1. The summed E-state index contributed by atoms with van der Waals surface area (Å²) in [6, 6.07) is 7.94. The van der Waals surface area contributed by atoms with E-state index in [0.717, 1.165) is 50.5 Å². The number of benzene rings is 1. The van der Waals surface area contributed by atoms with E-state index in [1.54, 1.807) is 0 Å². The molecule has 2 unspecified atom stereocenters. The first-order chi connectivity index (χ1) is 11.0. The third-order valence-electron chi connectivity index (χ3n) is 5.20. The summed E-state index contributed by atoms with van der Waals surface area (Å²) in [5.41, 5.74) is 2.18. The second-order valence-corrected chi connectivity index (χ2v) is 6.57. The molecule has 0 aromatic heterocycles. The predicted molar refractivity (Wildman–Crippen MR) is 93.2 cm³/mol. The molecule has 0 amide bonds. The highest BCUT2D eigenvalue weighted by Crippen LogP contribution is 2.43. The van der Waals surface area contributed by atoms with Gasteiger partial charge in [-0.05, 0) is 30.4 Å². The first-order valence-electron chi connectivity index (χ1n) is 8.61. The first kappa shape index (κ1) is 17.7. The van der Waals surface area contributed by atoms with Crippen molar-refractivity contribution in [2.45, 2.75) is 63.4 Å². The summed E-state index contributed by atoms with van der Waals surface area (Å²) in [5.74, 6) is -0.406. The Balaban J connectivity index is 2.29. The van der Waals surface area contributed by atoms with Crippen LogP contribution in [0.4, 0.5) is 0 Å². The van der Waals surface area contributed by atoms with Crippen molar-refractivity contribution in [3.05, 3.63) is 42.0 Å². The summed E-state index contributed by atoms with van der Waals surface area (Å²) in [7, 11) is 1.36. The zero-order valence-corrected chi connectivity index (χ0v) is 14.3. The molecular formula is C20H28O3. The van der Waals surface area contributed by atoms with Crippen LogP contribution >= 0.6 is 0 Å². The van der Waals surface area contributed by atoms with Crippen LogP contribution in [-0.4, -0.2) is 24.3 Å². The number of hydrogen-bond acceptors (Lipinski definition) is 3. The number of ether oxygens (including phenoxy) is 1. The smallest absolute Gasteiger partial charge is 0.337 e. The van der Waals surface area contributed by atoms with Crippen LogP contribution in [0.1, 0.15) is 63.0 Å². The Morgan fingerprint density at radius 2 is 2.04 bits per heavy atom. The molecule has 1 saturated carbocycles. The molecule has 1 fully saturated rings. The summed E-state index contributed by atoms with van der Waals surface area (Å²) in [6.45, 7) is 5.98. The molecule has 0 aliphatic heterocycles. The highest BCUT2D eigenvalue weighted by atomic mass is 16.5. The lowest BCUT2D eigenvalue weighted by atomic mass is 9.64. The van der Waals surface area contributed by atoms with Crippen molar-refractivity contribution in [3.63, 3.8) is 0 Å². The van der Waals surface area contributed by atoms with Crippen LogP contribution in [0.5, 0.6) is 0 Å². The number of aliphatic hydroxyl groups excluding tert-OH is 1. The molecule has 1 aromatic rings. The van der Waals surface area contributed by atoms with Crippen molar-refractivity contribution < 1.29 is 14.6 Å². The topological polar surface area (TPSA) is 46.5 Å². The molecule has 2 atom stereocenters. The molecule has 1 aliphatic rings. The van der Waals surface area contributed by atoms with Crippen molar-refractivity contribution in [2.24, 2.45) is 0 Å². The third kappa shape index (κ3) is 3.66. The van der Waals surface area contributed by atoms with Gasteiger partial charge in [-0.1, -0.05) is 63.5 Å². The summed E-state index contributed by atoms with van der Waals surface area (Å²) in [4.78, 5) is 11.6. The lowest BCUT2D eigenvalue weighted by Gasteiger charge is -2.42. The largest absolute Gasteiger partial charge is 0.465 e. The van der Waals surface area contributed by atoms with Crippen LogP contribution in [0.25, 0.3) is 5.57 Å². The van der Waals surface area contributed by atoms with E-state index in [1.807, 2.05) is 24.3 Å². The van der Waals surface area contributed by atoms with Crippen LogP contribution in [-0.2, 0) is 14.9 Å². The standard InChI is InChI=1S/C20H28O3/c1-4-5-13-20(14-7-6-8-18(20)21)17-11-9-16(10-12-17)15(2)19(22)23-3/h9-12,18,21H,2,4-8,13-14H2,1,3H3. The summed E-state index contributed by atoms with van der Waals surface area (Å²) < 4.78 is 4.72. The highest BCUT2D eigenvalue weighted by molar-refractivity contribution is 6.15. The lowest BCUT2D eigenvalue weighted by molar-refractivity contribution is -0.133. The van der Waals surface area contributed by atoms with Crippen molar-refractivity contribution in [1.82, 2.24) is 0 Å². The van der Waals surface area contributed by atoms with Gasteiger partial charge < -0.3 is 9.84 Å². The van der Waals surface area contributed by atoms with Gasteiger partial charge in [0.25, 0.3) is 0 Å². The van der Waals surface area contributed by atoms with Crippen LogP contribution in [0.15, 0.2) is 30.8 Å². The van der Waals surface area contributed by atoms with Gasteiger partial charge >= 0.3 is 5.97 Å². The molecule has 0 spiro atoms. The minimum atomic E-state index is -0.406. The second-order valence-electron chi connectivity index (χ2n) is 6.57. The van der Waals surface area contributed by atoms with E-state index in [9.17, 15) is 9.90 Å². The Labute approximate surface area is 139 Å². The zero-order valence-electron chi connectivity index (χ0n) is 14.3. The van der Waals surface area contributed by atoms with Crippen LogP contribution in [0, 0.1) is 0 Å². The number of rotatable bonds is 6. The summed E-state index contributed by atoms with van der Waals surface area (Å²) in [6.07, 6.45) is 7.16. The maximum atomic E-state index is 11.6. The number of hydrogen-bond donors (Lipinski definition) is 1. The minimum absolute atomic E-state index is 0.139. The monoisotopic (exact) mass is 316 g/mol. The molecule has 1 aromatic carbocycles. The second kappa shape index (κ2) is 7.78. The first-order valence-corrected chi connectivity index (χ1v) is 8.61. The molecule has 2 rings (SSSR count). The normalized spacial score (nSPS) is 24.2. The molecule has 1 aliphatic carbocycles. The Hall–Kier alpha value is -1.61. The summed E-state index contributed by atoms with van der Waals surface area (Å²) >= 11 is 0. The van der Waals surface area contributed by atoms with E-state index in [2.05, 4.69) is 13.5 Å². The Morgan fingerprint density at radius 3 is 2.61 bits per heavy atom. The minimum Gasteiger partial charge on any atom is -0.465 e. The van der Waals surface area contributed by atoms with Gasteiger partial charge in [-0.25, -0.2) is 4.79 Å². The van der Waals surface area contributed by atoms with Crippen molar-refractivity contribution >= 4 is 11.5 Å². The third-order valence-corrected chi connectivity index (χ3v) is 5.20. The van der Waals surface area contributed by atoms with Gasteiger partial charge in [-0.3, -0.25) is 0 Å². The molecule has 0 saturated heterocycles. The van der Waals surface area contributed by atoms with Gasteiger partial charge in [0, 0.05) is 5.41 Å². The fourth-order valence-electron chi connectivity index (χ4n) is 3.73. The lowest BCUT2D eigenvalue weighted by Crippen LogP contribution is -2.42. The number of aliphatic hydroxyl groups is 1. The average Bonchev–Trinajstić information content (AvgIpc) is 2.60. The fraction of sp³-hybridized carbons (Fsp3) is 0.550. The van der Waals surface area contributed by atoms with E-state index in [1.165, 1.54) is 12.7 Å². The van der Waals surface area contributed by atoms with Crippen molar-refractivity contribution in [1.29, 1.82) is 0 Å². The van der Waals surface area contributed by atoms with Gasteiger partial charge in [-0.15, -0.1) is 0 Å². The van der Waals surface area contributed by atoms with Gasteiger partial charge in [0.1, 0.15) is 0 Å². The number of carbonyl (C=O) groups excluding carboxylic acids is 1. The van der Waals surface area contributed by atoms with Crippen molar-refractivity contribution in [2.75, 3.05) is 7.11 Å². The van der Waals surface area contributed by atoms with Crippen LogP contribution in [0.3, 0.4) is 0 Å². The fourth-order valence-corrected chi connectivity index (χ4v) is 3.73. The molecule has 0 bridgehead atoms. The van der Waals surface area contributed by atoms with Crippen LogP contribution < -0.4 is 0 Å². The maximum Gasteiger partial charge on any atom is 0.337 e. The highest BCUT2D eigenvalue weighted by Gasteiger charge is 2.40.